The molecule has 0 unspecified atom stereocenters. The van der Waals surface area contributed by atoms with Crippen molar-refractivity contribution in [2.75, 3.05) is 13.7 Å². The van der Waals surface area contributed by atoms with E-state index in [1.807, 2.05) is 36.4 Å². The molecule has 160 valence electrons. The van der Waals surface area contributed by atoms with Crippen LogP contribution in [-0.4, -0.2) is 39.2 Å². The highest BCUT2D eigenvalue weighted by atomic mass is 28.4. The Balaban J connectivity index is 2.37. The first-order valence-corrected chi connectivity index (χ1v) is 12.2. The van der Waals surface area contributed by atoms with Crippen LogP contribution < -0.4 is 10.4 Å². The van der Waals surface area contributed by atoms with E-state index in [0.29, 0.717) is 12.8 Å². The SMILES string of the molecule is COC(=O)CCC#CC[C@H](CO)O[Si](c1ccccc1)(c1ccccc1)C(C)(C)C. The maximum atomic E-state index is 11.2. The molecule has 0 spiro atoms. The number of benzene rings is 2. The van der Waals surface area contributed by atoms with Gasteiger partial charge in [0.2, 0.25) is 0 Å². The zero-order valence-electron chi connectivity index (χ0n) is 18.4. The van der Waals surface area contributed by atoms with Crippen molar-refractivity contribution in [2.24, 2.45) is 0 Å². The minimum absolute atomic E-state index is 0.115. The van der Waals surface area contributed by atoms with Gasteiger partial charge in [0.25, 0.3) is 8.32 Å². The number of hydrogen-bond donors (Lipinski definition) is 1. The molecule has 0 aliphatic rings. The van der Waals surface area contributed by atoms with Crippen molar-refractivity contribution >= 4 is 24.7 Å². The smallest absolute Gasteiger partial charge is 0.306 e. The molecule has 0 fully saturated rings. The maximum Gasteiger partial charge on any atom is 0.306 e. The molecule has 0 heterocycles. The van der Waals surface area contributed by atoms with Gasteiger partial charge in [-0.15, -0.1) is 11.8 Å². The summed E-state index contributed by atoms with van der Waals surface area (Å²) < 4.78 is 11.5. The van der Waals surface area contributed by atoms with Crippen molar-refractivity contribution < 1.29 is 19.1 Å². The van der Waals surface area contributed by atoms with Gasteiger partial charge < -0.3 is 14.3 Å². The Labute approximate surface area is 181 Å². The Morgan fingerprint density at radius 1 is 1.00 bits per heavy atom. The van der Waals surface area contributed by atoms with Crippen molar-refractivity contribution in [3.63, 3.8) is 0 Å². The molecule has 0 amide bonds. The second-order valence-corrected chi connectivity index (χ2v) is 12.5. The van der Waals surface area contributed by atoms with Crippen LogP contribution in [0.1, 0.15) is 40.0 Å². The summed E-state index contributed by atoms with van der Waals surface area (Å²) in [6.45, 7) is 6.50. The van der Waals surface area contributed by atoms with Crippen LogP contribution in [0.25, 0.3) is 0 Å². The Hall–Kier alpha value is -2.39. The first kappa shape index (κ1) is 23.9. The average Bonchev–Trinajstić information content (AvgIpc) is 2.75. The number of carbonyl (C=O) groups excluding carboxylic acids is 1. The molecular formula is C25H32O4Si. The lowest BCUT2D eigenvalue weighted by atomic mass is 10.2. The van der Waals surface area contributed by atoms with Crippen LogP contribution in [0.15, 0.2) is 60.7 Å². The molecule has 0 aliphatic carbocycles. The summed E-state index contributed by atoms with van der Waals surface area (Å²) in [6.07, 6.45) is 0.691. The third-order valence-corrected chi connectivity index (χ3v) is 10.2. The Bertz CT molecular complexity index is 808. The lowest BCUT2D eigenvalue weighted by molar-refractivity contribution is -0.140. The van der Waals surface area contributed by atoms with E-state index >= 15 is 0 Å². The second kappa shape index (κ2) is 11.1. The van der Waals surface area contributed by atoms with Crippen LogP contribution in [0, 0.1) is 11.8 Å². The van der Waals surface area contributed by atoms with Crippen molar-refractivity contribution in [1.29, 1.82) is 0 Å². The highest BCUT2D eigenvalue weighted by molar-refractivity contribution is 6.99. The molecule has 0 aromatic heterocycles. The zero-order chi connectivity index (χ0) is 22.0. The van der Waals surface area contributed by atoms with Crippen LogP contribution in [0.4, 0.5) is 0 Å². The van der Waals surface area contributed by atoms with Gasteiger partial charge in [-0.3, -0.25) is 4.79 Å². The molecule has 1 atom stereocenters. The lowest BCUT2D eigenvalue weighted by Crippen LogP contribution is -2.68. The van der Waals surface area contributed by atoms with Crippen molar-refractivity contribution in [2.45, 2.75) is 51.2 Å². The molecule has 0 aliphatic heterocycles. The molecular weight excluding hydrogens is 392 g/mol. The van der Waals surface area contributed by atoms with E-state index in [4.69, 9.17) is 4.43 Å². The molecule has 0 radical (unpaired) electrons. The Morgan fingerprint density at radius 2 is 1.53 bits per heavy atom. The highest BCUT2D eigenvalue weighted by Crippen LogP contribution is 2.37. The summed E-state index contributed by atoms with van der Waals surface area (Å²) >= 11 is 0. The fraction of sp³-hybridized carbons (Fsp3) is 0.400. The van der Waals surface area contributed by atoms with Crippen molar-refractivity contribution in [3.05, 3.63) is 60.7 Å². The molecule has 5 heteroatoms. The van der Waals surface area contributed by atoms with E-state index in [1.165, 1.54) is 17.5 Å². The summed E-state index contributed by atoms with van der Waals surface area (Å²) in [7, 11) is -1.36. The normalized spacial score (nSPS) is 12.6. The molecule has 2 rings (SSSR count). The summed E-state index contributed by atoms with van der Waals surface area (Å²) in [6, 6.07) is 20.7. The van der Waals surface area contributed by atoms with Gasteiger partial charge in [0.1, 0.15) is 0 Å². The van der Waals surface area contributed by atoms with Crippen LogP contribution in [-0.2, 0) is 14.0 Å². The van der Waals surface area contributed by atoms with Gasteiger partial charge in [-0.25, -0.2) is 0 Å². The number of aliphatic hydroxyl groups is 1. The first-order valence-electron chi connectivity index (χ1n) is 10.3. The fourth-order valence-electron chi connectivity index (χ4n) is 3.63. The van der Waals surface area contributed by atoms with Crippen LogP contribution in [0.3, 0.4) is 0 Å². The minimum Gasteiger partial charge on any atom is -0.469 e. The predicted molar refractivity (Wildman–Crippen MR) is 123 cm³/mol. The van der Waals surface area contributed by atoms with Crippen LogP contribution in [0.2, 0.25) is 5.04 Å². The van der Waals surface area contributed by atoms with E-state index < -0.39 is 14.4 Å². The van der Waals surface area contributed by atoms with E-state index in [9.17, 15) is 9.90 Å². The molecule has 1 N–H and O–H groups in total. The van der Waals surface area contributed by atoms with Crippen molar-refractivity contribution in [1.82, 2.24) is 0 Å². The van der Waals surface area contributed by atoms with E-state index in [2.05, 4.69) is 61.6 Å². The van der Waals surface area contributed by atoms with E-state index in [0.717, 1.165) is 0 Å². The van der Waals surface area contributed by atoms with Crippen LogP contribution >= 0.6 is 0 Å². The molecule has 0 bridgehead atoms. The number of aliphatic hydroxyl groups excluding tert-OH is 1. The molecule has 4 nitrogen and oxygen atoms in total. The number of hydrogen-bond acceptors (Lipinski definition) is 4. The summed E-state index contributed by atoms with van der Waals surface area (Å²) in [5, 5.41) is 12.3. The largest absolute Gasteiger partial charge is 0.469 e. The van der Waals surface area contributed by atoms with E-state index in [1.54, 1.807) is 0 Å². The number of carbonyl (C=O) groups is 1. The van der Waals surface area contributed by atoms with Gasteiger partial charge in [-0.05, 0) is 15.4 Å². The van der Waals surface area contributed by atoms with Gasteiger partial charge in [-0.1, -0.05) is 81.4 Å². The summed E-state index contributed by atoms with van der Waals surface area (Å²) in [4.78, 5) is 11.2. The van der Waals surface area contributed by atoms with Gasteiger partial charge in [0.05, 0.1) is 26.2 Å². The quantitative estimate of drug-likeness (QED) is 0.401. The van der Waals surface area contributed by atoms with Crippen LogP contribution in [0.5, 0.6) is 0 Å². The molecule has 0 saturated carbocycles. The monoisotopic (exact) mass is 424 g/mol. The first-order chi connectivity index (χ1) is 14.3. The van der Waals surface area contributed by atoms with Gasteiger partial charge >= 0.3 is 5.97 Å². The van der Waals surface area contributed by atoms with Gasteiger partial charge in [0.15, 0.2) is 0 Å². The molecule has 30 heavy (non-hydrogen) atoms. The number of ether oxygens (including phenoxy) is 1. The summed E-state index contributed by atoms with van der Waals surface area (Å²) in [5.74, 6) is 5.79. The average molecular weight is 425 g/mol. The molecule has 2 aromatic carbocycles. The van der Waals surface area contributed by atoms with Crippen molar-refractivity contribution in [3.8, 4) is 11.8 Å². The maximum absolute atomic E-state index is 11.2. The Kier molecular flexibility index (Phi) is 8.85. The Morgan fingerprint density at radius 3 is 1.97 bits per heavy atom. The van der Waals surface area contributed by atoms with Gasteiger partial charge in [-0.2, -0.15) is 0 Å². The fourth-order valence-corrected chi connectivity index (χ4v) is 8.30. The molecule has 2 aromatic rings. The van der Waals surface area contributed by atoms with Gasteiger partial charge in [0, 0.05) is 12.8 Å². The molecule has 0 saturated heterocycles. The second-order valence-electron chi connectivity index (χ2n) is 8.22. The van der Waals surface area contributed by atoms with E-state index in [-0.39, 0.29) is 24.0 Å². The number of rotatable bonds is 8. The topological polar surface area (TPSA) is 55.8 Å². The minimum atomic E-state index is -2.73. The standard InChI is InChI=1S/C25H32O4Si/c1-25(2,3)30(22-15-9-6-10-16-22,23-17-11-7-12-18-23)29-21(20-26)14-8-5-13-19-24(27)28-4/h6-7,9-12,15-18,21,26H,13-14,19-20H2,1-4H3/t21-/m1/s1. The number of methoxy groups -OCH3 is 1. The predicted octanol–water partition coefficient (Wildman–Crippen LogP) is 3.27. The summed E-state index contributed by atoms with van der Waals surface area (Å²) in [5.41, 5.74) is 0. The highest BCUT2D eigenvalue weighted by Gasteiger charge is 2.51. The lowest BCUT2D eigenvalue weighted by Gasteiger charge is -2.44. The zero-order valence-corrected chi connectivity index (χ0v) is 19.4. The third kappa shape index (κ3) is 5.82. The number of esters is 1. The third-order valence-electron chi connectivity index (χ3n) is 5.10.